The summed E-state index contributed by atoms with van der Waals surface area (Å²) >= 11 is 0. The Bertz CT molecular complexity index is 864. The predicted octanol–water partition coefficient (Wildman–Crippen LogP) is 2.75. The maximum absolute atomic E-state index is 13.4. The van der Waals surface area contributed by atoms with Crippen molar-refractivity contribution in [2.75, 3.05) is 0 Å². The summed E-state index contributed by atoms with van der Waals surface area (Å²) in [6.07, 6.45) is 0.689. The van der Waals surface area contributed by atoms with Gasteiger partial charge in [0.25, 0.3) is 0 Å². The summed E-state index contributed by atoms with van der Waals surface area (Å²) in [5.74, 6) is 0.785. The van der Waals surface area contributed by atoms with Crippen molar-refractivity contribution in [3.05, 3.63) is 59.3 Å². The van der Waals surface area contributed by atoms with Gasteiger partial charge in [-0.2, -0.15) is 4.98 Å². The van der Waals surface area contributed by atoms with Crippen molar-refractivity contribution in [2.45, 2.75) is 19.4 Å². The third-order valence-corrected chi connectivity index (χ3v) is 3.73. The standard InChI is InChI=1S/C15H13FN4O/c1-7-5-11-10-4-3-9(16)6-12(10)19-13(11)14(17-7)15-18-8(2)21-20-15/h3-4,6,14,17,19H,1,5H2,2H3. The van der Waals surface area contributed by atoms with Gasteiger partial charge in [-0.1, -0.05) is 11.7 Å². The molecule has 1 atom stereocenters. The summed E-state index contributed by atoms with van der Waals surface area (Å²) in [6, 6.07) is 4.50. The molecule has 0 saturated heterocycles. The van der Waals surface area contributed by atoms with Crippen LogP contribution in [0.15, 0.2) is 35.0 Å². The Morgan fingerprint density at radius 2 is 2.29 bits per heavy atom. The molecule has 5 nitrogen and oxygen atoms in total. The van der Waals surface area contributed by atoms with Gasteiger partial charge in [0, 0.05) is 29.9 Å². The van der Waals surface area contributed by atoms with Gasteiger partial charge in [0.15, 0.2) is 5.82 Å². The Hall–Kier alpha value is -2.63. The lowest BCUT2D eigenvalue weighted by molar-refractivity contribution is 0.382. The first-order chi connectivity index (χ1) is 10.1. The van der Waals surface area contributed by atoms with E-state index in [0.29, 0.717) is 18.1 Å². The first-order valence-electron chi connectivity index (χ1n) is 6.66. The zero-order valence-corrected chi connectivity index (χ0v) is 11.4. The number of halogens is 1. The van der Waals surface area contributed by atoms with Crippen molar-refractivity contribution in [3.63, 3.8) is 0 Å². The maximum atomic E-state index is 13.4. The summed E-state index contributed by atoms with van der Waals surface area (Å²) in [4.78, 5) is 7.55. The van der Waals surface area contributed by atoms with Gasteiger partial charge in [-0.15, -0.1) is 0 Å². The molecule has 2 N–H and O–H groups in total. The molecule has 1 aromatic carbocycles. The van der Waals surface area contributed by atoms with Crippen molar-refractivity contribution in [1.82, 2.24) is 20.4 Å². The number of nitrogens with one attached hydrogen (secondary N) is 2. The fourth-order valence-electron chi connectivity index (χ4n) is 2.85. The SMILES string of the molecule is C=C1Cc2c([nH]c3cc(F)ccc23)C(c2noc(C)n2)N1. The van der Waals surface area contributed by atoms with Crippen LogP contribution in [-0.2, 0) is 6.42 Å². The molecular weight excluding hydrogens is 271 g/mol. The fourth-order valence-corrected chi connectivity index (χ4v) is 2.85. The lowest BCUT2D eigenvalue weighted by Crippen LogP contribution is -2.29. The van der Waals surface area contributed by atoms with Crippen molar-refractivity contribution < 1.29 is 8.91 Å². The molecule has 3 heterocycles. The van der Waals surface area contributed by atoms with Crippen molar-refractivity contribution in [3.8, 4) is 0 Å². The molecule has 1 aliphatic heterocycles. The molecule has 106 valence electrons. The first-order valence-corrected chi connectivity index (χ1v) is 6.66. The van der Waals surface area contributed by atoms with E-state index in [0.717, 1.165) is 27.9 Å². The largest absolute Gasteiger partial charge is 0.374 e. The Kier molecular flexibility index (Phi) is 2.42. The van der Waals surface area contributed by atoms with E-state index in [4.69, 9.17) is 4.52 Å². The van der Waals surface area contributed by atoms with E-state index in [-0.39, 0.29) is 11.9 Å². The molecule has 0 amide bonds. The van der Waals surface area contributed by atoms with Crippen molar-refractivity contribution in [1.29, 1.82) is 0 Å². The smallest absolute Gasteiger partial charge is 0.223 e. The van der Waals surface area contributed by atoms with Crippen LogP contribution in [0.5, 0.6) is 0 Å². The van der Waals surface area contributed by atoms with Crippen molar-refractivity contribution in [2.24, 2.45) is 0 Å². The normalized spacial score (nSPS) is 17.8. The molecule has 2 aromatic heterocycles. The highest BCUT2D eigenvalue weighted by Gasteiger charge is 2.30. The number of aromatic amines is 1. The van der Waals surface area contributed by atoms with Gasteiger partial charge < -0.3 is 14.8 Å². The highest BCUT2D eigenvalue weighted by molar-refractivity contribution is 5.85. The Morgan fingerprint density at radius 1 is 1.43 bits per heavy atom. The zero-order valence-electron chi connectivity index (χ0n) is 11.4. The lowest BCUT2D eigenvalue weighted by Gasteiger charge is -2.24. The van der Waals surface area contributed by atoms with Gasteiger partial charge in [-0.3, -0.25) is 0 Å². The van der Waals surface area contributed by atoms with Crippen LogP contribution in [0, 0.1) is 12.7 Å². The van der Waals surface area contributed by atoms with E-state index < -0.39 is 0 Å². The molecule has 0 spiro atoms. The highest BCUT2D eigenvalue weighted by atomic mass is 19.1. The number of aryl methyl sites for hydroxylation is 1. The van der Waals surface area contributed by atoms with Crippen LogP contribution in [0.2, 0.25) is 0 Å². The van der Waals surface area contributed by atoms with Gasteiger partial charge in [-0.25, -0.2) is 4.39 Å². The molecule has 4 rings (SSSR count). The minimum absolute atomic E-state index is 0.255. The van der Waals surface area contributed by atoms with Crippen LogP contribution in [0.25, 0.3) is 10.9 Å². The number of rotatable bonds is 1. The van der Waals surface area contributed by atoms with E-state index >= 15 is 0 Å². The van der Waals surface area contributed by atoms with Gasteiger partial charge in [0.1, 0.15) is 11.9 Å². The average Bonchev–Trinajstić information content (AvgIpc) is 3.01. The number of nitrogens with zero attached hydrogens (tertiary/aromatic N) is 2. The van der Waals surface area contributed by atoms with Crippen LogP contribution < -0.4 is 5.32 Å². The second kappa shape index (κ2) is 4.18. The zero-order chi connectivity index (χ0) is 14.6. The van der Waals surface area contributed by atoms with Gasteiger partial charge in [-0.05, 0) is 23.8 Å². The Balaban J connectivity index is 1.94. The Morgan fingerprint density at radius 3 is 3.05 bits per heavy atom. The minimum atomic E-state index is -0.264. The molecular formula is C15H13FN4O. The molecule has 1 aliphatic rings. The molecule has 6 heteroatoms. The third-order valence-electron chi connectivity index (χ3n) is 3.73. The molecule has 1 unspecified atom stereocenters. The predicted molar refractivity (Wildman–Crippen MR) is 75.1 cm³/mol. The Labute approximate surface area is 119 Å². The second-order valence-corrected chi connectivity index (χ2v) is 5.24. The number of benzene rings is 1. The summed E-state index contributed by atoms with van der Waals surface area (Å²) < 4.78 is 18.5. The number of hydrogen-bond donors (Lipinski definition) is 2. The third kappa shape index (κ3) is 1.83. The first kappa shape index (κ1) is 12.1. The van der Waals surface area contributed by atoms with Crippen LogP contribution in [0.4, 0.5) is 4.39 Å². The molecule has 0 radical (unpaired) electrons. The molecule has 0 saturated carbocycles. The van der Waals surface area contributed by atoms with E-state index in [1.807, 2.05) is 0 Å². The highest BCUT2D eigenvalue weighted by Crippen LogP contribution is 2.35. The number of H-pyrrole nitrogens is 1. The summed E-state index contributed by atoms with van der Waals surface area (Å²) in [6.45, 7) is 5.76. The van der Waals surface area contributed by atoms with Crippen LogP contribution in [-0.4, -0.2) is 15.1 Å². The summed E-state index contributed by atoms with van der Waals surface area (Å²) in [5, 5.41) is 8.25. The monoisotopic (exact) mass is 284 g/mol. The average molecular weight is 284 g/mol. The number of hydrogen-bond acceptors (Lipinski definition) is 4. The second-order valence-electron chi connectivity index (χ2n) is 5.24. The van der Waals surface area contributed by atoms with Crippen LogP contribution in [0.3, 0.4) is 0 Å². The molecule has 0 aliphatic carbocycles. The van der Waals surface area contributed by atoms with Crippen LogP contribution in [0.1, 0.15) is 29.0 Å². The topological polar surface area (TPSA) is 66.7 Å². The van der Waals surface area contributed by atoms with E-state index in [9.17, 15) is 4.39 Å². The van der Waals surface area contributed by atoms with Gasteiger partial charge in [0.2, 0.25) is 5.89 Å². The van der Waals surface area contributed by atoms with Crippen LogP contribution >= 0.6 is 0 Å². The summed E-state index contributed by atoms with van der Waals surface area (Å²) in [5.41, 5.74) is 3.67. The van der Waals surface area contributed by atoms with E-state index in [1.165, 1.54) is 12.1 Å². The van der Waals surface area contributed by atoms with E-state index in [2.05, 4.69) is 27.0 Å². The summed E-state index contributed by atoms with van der Waals surface area (Å²) in [7, 11) is 0. The van der Waals surface area contributed by atoms with Gasteiger partial charge >= 0.3 is 0 Å². The lowest BCUT2D eigenvalue weighted by atomic mass is 9.97. The van der Waals surface area contributed by atoms with E-state index in [1.54, 1.807) is 13.0 Å². The fraction of sp³-hybridized carbons (Fsp3) is 0.200. The number of aromatic nitrogens is 3. The van der Waals surface area contributed by atoms with Gasteiger partial charge in [0.05, 0.1) is 5.69 Å². The van der Waals surface area contributed by atoms with Crippen molar-refractivity contribution >= 4 is 10.9 Å². The quantitative estimate of drug-likeness (QED) is 0.721. The molecule has 0 fully saturated rings. The molecule has 0 bridgehead atoms. The maximum Gasteiger partial charge on any atom is 0.223 e. The molecule has 3 aromatic rings. The minimum Gasteiger partial charge on any atom is -0.374 e. The molecule has 21 heavy (non-hydrogen) atoms. The number of allylic oxidation sites excluding steroid dienone is 1. The number of fused-ring (bicyclic) bond motifs is 3.